The summed E-state index contributed by atoms with van der Waals surface area (Å²) in [7, 11) is 0. The normalized spacial score (nSPS) is 19.4. The Morgan fingerprint density at radius 2 is 1.68 bits per heavy atom. The number of allylic oxidation sites excluding steroid dienone is 1. The minimum absolute atomic E-state index is 0.110. The molecule has 1 aliphatic carbocycles. The second-order valence-corrected chi connectivity index (χ2v) is 7.21. The van der Waals surface area contributed by atoms with Crippen molar-refractivity contribution in [3.8, 4) is 11.5 Å². The van der Waals surface area contributed by atoms with Crippen molar-refractivity contribution < 1.29 is 23.8 Å². The summed E-state index contributed by atoms with van der Waals surface area (Å²) in [6.07, 6.45) is 10.4. The third-order valence-corrected chi connectivity index (χ3v) is 4.90. The zero-order valence-corrected chi connectivity index (χ0v) is 17.0. The molecule has 28 heavy (non-hydrogen) atoms. The highest BCUT2D eigenvalue weighted by molar-refractivity contribution is 5.82. The molecule has 1 aliphatic rings. The summed E-state index contributed by atoms with van der Waals surface area (Å²) in [6.45, 7) is 4.67. The molecular formula is C23H32O5. The highest BCUT2D eigenvalue weighted by Gasteiger charge is 2.29. The standard InChI is InChI=1S/C23H32O5/c1-3-5-6-7-17-26-19-13-15-21(16-14-19)28-23(25)18-9-11-20(12-10-18)27-22(24)8-4-2/h4,8,13-16,18,20H,3,5-7,9-12,17H2,1-2H3/b8-4+. The average Bonchev–Trinajstić information content (AvgIpc) is 2.70. The number of carbonyl (C=O) groups excluding carboxylic acids is 2. The third-order valence-electron chi connectivity index (χ3n) is 4.90. The van der Waals surface area contributed by atoms with Crippen LogP contribution in [0, 0.1) is 5.92 Å². The predicted molar refractivity (Wildman–Crippen MR) is 108 cm³/mol. The molecule has 1 saturated carbocycles. The number of hydrogen-bond donors (Lipinski definition) is 0. The van der Waals surface area contributed by atoms with E-state index in [1.807, 2.05) is 12.1 Å². The highest BCUT2D eigenvalue weighted by atomic mass is 16.5. The van der Waals surface area contributed by atoms with Gasteiger partial charge in [0.2, 0.25) is 0 Å². The Kier molecular flexibility index (Phi) is 9.60. The quantitative estimate of drug-likeness (QED) is 0.238. The maximum absolute atomic E-state index is 12.4. The van der Waals surface area contributed by atoms with Gasteiger partial charge in [-0.3, -0.25) is 4.79 Å². The first-order valence-corrected chi connectivity index (χ1v) is 10.4. The summed E-state index contributed by atoms with van der Waals surface area (Å²) < 4.78 is 16.6. The summed E-state index contributed by atoms with van der Waals surface area (Å²) in [5, 5.41) is 0. The van der Waals surface area contributed by atoms with Gasteiger partial charge in [-0.1, -0.05) is 32.3 Å². The van der Waals surface area contributed by atoms with Gasteiger partial charge in [0.05, 0.1) is 12.5 Å². The van der Waals surface area contributed by atoms with Crippen molar-refractivity contribution in [3.05, 3.63) is 36.4 Å². The monoisotopic (exact) mass is 388 g/mol. The fourth-order valence-corrected chi connectivity index (χ4v) is 3.28. The van der Waals surface area contributed by atoms with Crippen molar-refractivity contribution in [1.29, 1.82) is 0 Å². The smallest absolute Gasteiger partial charge is 0.330 e. The van der Waals surface area contributed by atoms with Crippen molar-refractivity contribution in [3.63, 3.8) is 0 Å². The topological polar surface area (TPSA) is 61.8 Å². The number of benzene rings is 1. The number of rotatable bonds is 10. The Morgan fingerprint density at radius 3 is 2.32 bits per heavy atom. The Morgan fingerprint density at radius 1 is 1.00 bits per heavy atom. The molecule has 0 atom stereocenters. The lowest BCUT2D eigenvalue weighted by atomic mass is 9.87. The fourth-order valence-electron chi connectivity index (χ4n) is 3.28. The van der Waals surface area contributed by atoms with Gasteiger partial charge in [-0.05, 0) is 63.3 Å². The van der Waals surface area contributed by atoms with Crippen LogP contribution in [-0.4, -0.2) is 24.6 Å². The second kappa shape index (κ2) is 12.2. The molecule has 0 bridgehead atoms. The fraction of sp³-hybridized carbons (Fsp3) is 0.565. The molecule has 1 fully saturated rings. The molecule has 0 unspecified atom stereocenters. The second-order valence-electron chi connectivity index (χ2n) is 7.21. The Bertz CT molecular complexity index is 627. The number of unbranched alkanes of at least 4 members (excludes halogenated alkanes) is 3. The van der Waals surface area contributed by atoms with E-state index in [2.05, 4.69) is 6.92 Å². The Hall–Kier alpha value is -2.30. The van der Waals surface area contributed by atoms with Crippen LogP contribution in [0.1, 0.15) is 65.2 Å². The highest BCUT2D eigenvalue weighted by Crippen LogP contribution is 2.28. The molecule has 154 valence electrons. The molecule has 0 aliphatic heterocycles. The minimum atomic E-state index is -0.318. The lowest BCUT2D eigenvalue weighted by Gasteiger charge is -2.26. The van der Waals surface area contributed by atoms with Crippen molar-refractivity contribution in [2.45, 2.75) is 71.3 Å². The Balaban J connectivity index is 1.70. The number of ether oxygens (including phenoxy) is 3. The van der Waals surface area contributed by atoms with Gasteiger partial charge in [0.15, 0.2) is 0 Å². The zero-order valence-electron chi connectivity index (χ0n) is 17.0. The lowest BCUT2D eigenvalue weighted by molar-refractivity contribution is -0.147. The SMILES string of the molecule is C/C=C/C(=O)OC1CCC(C(=O)Oc2ccc(OCCCCCC)cc2)CC1. The molecule has 2 rings (SSSR count). The molecule has 0 aromatic heterocycles. The van der Waals surface area contributed by atoms with Crippen molar-refractivity contribution in [2.24, 2.45) is 5.92 Å². The van der Waals surface area contributed by atoms with Gasteiger partial charge in [-0.15, -0.1) is 0 Å². The van der Waals surface area contributed by atoms with E-state index < -0.39 is 0 Å². The minimum Gasteiger partial charge on any atom is -0.494 e. The van der Waals surface area contributed by atoms with Crippen LogP contribution >= 0.6 is 0 Å². The van der Waals surface area contributed by atoms with E-state index in [-0.39, 0.29) is 24.0 Å². The number of hydrogen-bond acceptors (Lipinski definition) is 5. The molecule has 0 amide bonds. The van der Waals surface area contributed by atoms with Gasteiger partial charge >= 0.3 is 11.9 Å². The van der Waals surface area contributed by atoms with Crippen molar-refractivity contribution >= 4 is 11.9 Å². The van der Waals surface area contributed by atoms with E-state index in [0.29, 0.717) is 38.0 Å². The largest absolute Gasteiger partial charge is 0.494 e. The van der Waals surface area contributed by atoms with Crippen LogP contribution in [0.25, 0.3) is 0 Å². The van der Waals surface area contributed by atoms with Gasteiger partial charge < -0.3 is 14.2 Å². The molecule has 1 aromatic rings. The van der Waals surface area contributed by atoms with Gasteiger partial charge in [-0.2, -0.15) is 0 Å². The summed E-state index contributed by atoms with van der Waals surface area (Å²) in [6, 6.07) is 7.20. The van der Waals surface area contributed by atoms with Gasteiger partial charge in [0.25, 0.3) is 0 Å². The molecule has 0 N–H and O–H groups in total. The summed E-state index contributed by atoms with van der Waals surface area (Å²) in [5.74, 6) is 0.642. The van der Waals surface area contributed by atoms with E-state index in [1.165, 1.54) is 25.3 Å². The first kappa shape index (κ1) is 22.0. The van der Waals surface area contributed by atoms with E-state index in [4.69, 9.17) is 14.2 Å². The number of carbonyl (C=O) groups is 2. The Labute approximate surface area is 168 Å². The first-order chi connectivity index (χ1) is 13.6. The summed E-state index contributed by atoms with van der Waals surface area (Å²) >= 11 is 0. The summed E-state index contributed by atoms with van der Waals surface area (Å²) in [4.78, 5) is 23.9. The van der Waals surface area contributed by atoms with Crippen LogP contribution in [-0.2, 0) is 14.3 Å². The van der Waals surface area contributed by atoms with Crippen LogP contribution in [0.2, 0.25) is 0 Å². The maximum Gasteiger partial charge on any atom is 0.330 e. The van der Waals surface area contributed by atoms with Crippen LogP contribution in [0.5, 0.6) is 11.5 Å². The van der Waals surface area contributed by atoms with Crippen molar-refractivity contribution in [1.82, 2.24) is 0 Å². The van der Waals surface area contributed by atoms with E-state index in [1.54, 1.807) is 25.1 Å². The molecule has 0 saturated heterocycles. The molecular weight excluding hydrogens is 356 g/mol. The molecule has 5 nitrogen and oxygen atoms in total. The van der Waals surface area contributed by atoms with Crippen LogP contribution in [0.4, 0.5) is 0 Å². The molecule has 0 heterocycles. The van der Waals surface area contributed by atoms with Gasteiger partial charge in [0.1, 0.15) is 17.6 Å². The van der Waals surface area contributed by atoms with E-state index in [9.17, 15) is 9.59 Å². The van der Waals surface area contributed by atoms with E-state index >= 15 is 0 Å². The molecule has 0 spiro atoms. The molecule has 1 aromatic carbocycles. The lowest BCUT2D eigenvalue weighted by Crippen LogP contribution is -2.29. The maximum atomic E-state index is 12.4. The van der Waals surface area contributed by atoms with Crippen LogP contribution in [0.15, 0.2) is 36.4 Å². The van der Waals surface area contributed by atoms with Crippen LogP contribution in [0.3, 0.4) is 0 Å². The van der Waals surface area contributed by atoms with E-state index in [0.717, 1.165) is 12.2 Å². The van der Waals surface area contributed by atoms with Gasteiger partial charge in [-0.25, -0.2) is 4.79 Å². The first-order valence-electron chi connectivity index (χ1n) is 10.4. The summed E-state index contributed by atoms with van der Waals surface area (Å²) in [5.41, 5.74) is 0. The van der Waals surface area contributed by atoms with Gasteiger partial charge in [0, 0.05) is 6.08 Å². The zero-order chi connectivity index (χ0) is 20.2. The molecule has 0 radical (unpaired) electrons. The number of esters is 2. The average molecular weight is 389 g/mol. The molecule has 5 heteroatoms. The third kappa shape index (κ3) is 7.75. The predicted octanol–water partition coefficient (Wildman–Crippen LogP) is 5.23. The van der Waals surface area contributed by atoms with Crippen LogP contribution < -0.4 is 9.47 Å². The van der Waals surface area contributed by atoms with Crippen molar-refractivity contribution in [2.75, 3.05) is 6.61 Å².